The van der Waals surface area contributed by atoms with Crippen LogP contribution in [0, 0.1) is 0 Å². The first-order valence-electron chi connectivity index (χ1n) is 11.0. The maximum atomic E-state index is 5.69. The van der Waals surface area contributed by atoms with E-state index in [-0.39, 0.29) is 12.4 Å². The van der Waals surface area contributed by atoms with E-state index in [1.54, 1.807) is 31.3 Å². The van der Waals surface area contributed by atoms with Crippen LogP contribution < -0.4 is 19.7 Å². The summed E-state index contributed by atoms with van der Waals surface area (Å²) < 4.78 is 12.9. The summed E-state index contributed by atoms with van der Waals surface area (Å²) in [5.41, 5.74) is 5.31. The summed E-state index contributed by atoms with van der Waals surface area (Å²) in [6.45, 7) is 5.82. The average molecular weight is 483 g/mol. The fraction of sp³-hybridized carbons (Fsp3) is 0.320. The monoisotopic (exact) mass is 482 g/mol. The van der Waals surface area contributed by atoms with Crippen LogP contribution in [0.1, 0.15) is 13.8 Å². The summed E-state index contributed by atoms with van der Waals surface area (Å²) in [5.74, 6) is 1.54. The Morgan fingerprint density at radius 3 is 2.53 bits per heavy atom. The number of nitrogens with one attached hydrogen (secondary N) is 1. The van der Waals surface area contributed by atoms with Crippen molar-refractivity contribution >= 4 is 34.8 Å². The van der Waals surface area contributed by atoms with Crippen molar-refractivity contribution in [3.63, 3.8) is 0 Å². The number of nitrogens with zero attached hydrogens (tertiary/aromatic N) is 5. The lowest BCUT2D eigenvalue weighted by Gasteiger charge is -2.28. The van der Waals surface area contributed by atoms with Gasteiger partial charge in [-0.25, -0.2) is 4.98 Å². The lowest BCUT2D eigenvalue weighted by Crippen LogP contribution is -2.32. The molecule has 0 fully saturated rings. The largest absolute Gasteiger partial charge is 0.497 e. The molecule has 4 aromatic rings. The van der Waals surface area contributed by atoms with Crippen LogP contribution in [0.15, 0.2) is 55.0 Å². The minimum atomic E-state index is 0. The van der Waals surface area contributed by atoms with E-state index in [2.05, 4.69) is 46.3 Å². The lowest BCUT2D eigenvalue weighted by atomic mass is 10.2. The molecule has 0 aliphatic heterocycles. The average Bonchev–Trinajstić information content (AvgIpc) is 3.27. The predicted octanol–water partition coefficient (Wildman–Crippen LogP) is 4.61. The molecule has 0 aliphatic rings. The summed E-state index contributed by atoms with van der Waals surface area (Å²) in [7, 11) is 5.24. The molecule has 1 N–H and O–H groups in total. The maximum Gasteiger partial charge on any atom is 0.142 e. The van der Waals surface area contributed by atoms with Crippen molar-refractivity contribution < 1.29 is 9.47 Å². The Bertz CT molecular complexity index is 1240. The zero-order valence-electron chi connectivity index (χ0n) is 20.1. The third kappa shape index (κ3) is 5.58. The van der Waals surface area contributed by atoms with E-state index >= 15 is 0 Å². The quantitative estimate of drug-likeness (QED) is 0.373. The van der Waals surface area contributed by atoms with Gasteiger partial charge in [0.05, 0.1) is 49.0 Å². The highest BCUT2D eigenvalue weighted by Crippen LogP contribution is 2.37. The van der Waals surface area contributed by atoms with E-state index in [1.165, 1.54) is 0 Å². The molecule has 0 aliphatic carbocycles. The Labute approximate surface area is 206 Å². The smallest absolute Gasteiger partial charge is 0.142 e. The molecule has 180 valence electrons. The van der Waals surface area contributed by atoms with Gasteiger partial charge < -0.3 is 19.7 Å². The molecule has 2 aromatic heterocycles. The van der Waals surface area contributed by atoms with E-state index in [1.807, 2.05) is 37.5 Å². The maximum absolute atomic E-state index is 5.69. The van der Waals surface area contributed by atoms with Crippen molar-refractivity contribution in [3.05, 3.63) is 55.0 Å². The first-order chi connectivity index (χ1) is 16.0. The summed E-state index contributed by atoms with van der Waals surface area (Å²) in [6, 6.07) is 12.3. The third-order valence-electron chi connectivity index (χ3n) is 5.40. The van der Waals surface area contributed by atoms with Crippen molar-refractivity contribution in [1.29, 1.82) is 0 Å². The van der Waals surface area contributed by atoms with Gasteiger partial charge in [0.2, 0.25) is 0 Å². The highest BCUT2D eigenvalue weighted by Gasteiger charge is 2.17. The van der Waals surface area contributed by atoms with Gasteiger partial charge in [-0.1, -0.05) is 13.8 Å². The van der Waals surface area contributed by atoms with Crippen molar-refractivity contribution in [3.8, 4) is 22.8 Å². The van der Waals surface area contributed by atoms with Crippen molar-refractivity contribution in [2.45, 2.75) is 19.9 Å². The van der Waals surface area contributed by atoms with Gasteiger partial charge in [-0.15, -0.1) is 12.4 Å². The van der Waals surface area contributed by atoms with Gasteiger partial charge in [-0.2, -0.15) is 5.10 Å². The normalized spacial score (nSPS) is 10.9. The molecule has 2 heterocycles. The molecule has 0 radical (unpaired) electrons. The molecule has 0 spiro atoms. The van der Waals surface area contributed by atoms with Crippen LogP contribution in [0.25, 0.3) is 22.3 Å². The van der Waals surface area contributed by atoms with Gasteiger partial charge in [-0.05, 0) is 30.3 Å². The molecular weight excluding hydrogens is 452 g/mol. The fourth-order valence-electron chi connectivity index (χ4n) is 3.72. The Hall–Kier alpha value is -3.36. The van der Waals surface area contributed by atoms with Gasteiger partial charge in [0.25, 0.3) is 0 Å². The highest BCUT2D eigenvalue weighted by atomic mass is 35.5. The molecule has 0 bridgehead atoms. The number of rotatable bonds is 9. The summed E-state index contributed by atoms with van der Waals surface area (Å²) in [6.07, 6.45) is 5.52. The number of ether oxygens (including phenoxy) is 2. The number of fused-ring (bicyclic) bond motifs is 1. The summed E-state index contributed by atoms with van der Waals surface area (Å²) in [4.78, 5) is 11.7. The van der Waals surface area contributed by atoms with Gasteiger partial charge in [-0.3, -0.25) is 9.67 Å². The minimum absolute atomic E-state index is 0. The standard InChI is InChI=1S/C25H30N6O2.ClH/c1-17(2)26-10-11-31(24-13-20(32-4)7-9-25(24)33-5)19-6-8-21-22(12-19)29-23(15-27-21)18-14-28-30(3)16-18;/h6-9,12-17,26H,10-11H2,1-5H3;1H. The zero-order chi connectivity index (χ0) is 23.4. The summed E-state index contributed by atoms with van der Waals surface area (Å²) in [5, 5.41) is 7.75. The van der Waals surface area contributed by atoms with Gasteiger partial charge in [0, 0.05) is 49.7 Å². The molecule has 2 aromatic carbocycles. The number of halogens is 1. The molecule has 0 saturated heterocycles. The van der Waals surface area contributed by atoms with Crippen LogP contribution >= 0.6 is 12.4 Å². The van der Waals surface area contributed by atoms with Gasteiger partial charge in [0.15, 0.2) is 0 Å². The minimum Gasteiger partial charge on any atom is -0.497 e. The second-order valence-electron chi connectivity index (χ2n) is 8.13. The van der Waals surface area contributed by atoms with E-state index < -0.39 is 0 Å². The Morgan fingerprint density at radius 1 is 1.03 bits per heavy atom. The Morgan fingerprint density at radius 2 is 1.85 bits per heavy atom. The van der Waals surface area contributed by atoms with Crippen LogP contribution in [0.2, 0.25) is 0 Å². The fourth-order valence-corrected chi connectivity index (χ4v) is 3.72. The number of methoxy groups -OCH3 is 2. The highest BCUT2D eigenvalue weighted by molar-refractivity contribution is 5.85. The van der Waals surface area contributed by atoms with Crippen molar-refractivity contribution in [2.75, 3.05) is 32.2 Å². The molecule has 0 atom stereocenters. The number of anilines is 2. The zero-order valence-corrected chi connectivity index (χ0v) is 21.0. The number of aryl methyl sites for hydroxylation is 1. The molecule has 4 rings (SSSR count). The first-order valence-corrected chi connectivity index (χ1v) is 11.0. The molecule has 9 heteroatoms. The van der Waals surface area contributed by atoms with Crippen LogP contribution in [0.5, 0.6) is 11.5 Å². The van der Waals surface area contributed by atoms with Crippen LogP contribution in [0.4, 0.5) is 11.4 Å². The molecular formula is C25H31ClN6O2. The lowest BCUT2D eigenvalue weighted by molar-refractivity contribution is 0.403. The predicted molar refractivity (Wildman–Crippen MR) is 139 cm³/mol. The van der Waals surface area contributed by atoms with Crippen LogP contribution in [0.3, 0.4) is 0 Å². The second kappa shape index (κ2) is 11.2. The second-order valence-corrected chi connectivity index (χ2v) is 8.13. The first kappa shape index (κ1) is 25.3. The van der Waals surface area contributed by atoms with E-state index in [9.17, 15) is 0 Å². The topological polar surface area (TPSA) is 77.3 Å². The summed E-state index contributed by atoms with van der Waals surface area (Å²) >= 11 is 0. The molecule has 8 nitrogen and oxygen atoms in total. The number of benzene rings is 2. The Balaban J connectivity index is 0.00000324. The number of hydrogen-bond acceptors (Lipinski definition) is 7. The number of hydrogen-bond donors (Lipinski definition) is 1. The molecule has 0 unspecified atom stereocenters. The van der Waals surface area contributed by atoms with Gasteiger partial charge in [0.1, 0.15) is 11.5 Å². The molecule has 34 heavy (non-hydrogen) atoms. The molecule has 0 saturated carbocycles. The van der Waals surface area contributed by atoms with Gasteiger partial charge >= 0.3 is 0 Å². The third-order valence-corrected chi connectivity index (χ3v) is 5.40. The van der Waals surface area contributed by atoms with Crippen molar-refractivity contribution in [2.24, 2.45) is 7.05 Å². The van der Waals surface area contributed by atoms with Crippen LogP contribution in [-0.4, -0.2) is 53.1 Å². The SMILES string of the molecule is COc1ccc(OC)c(N(CCNC(C)C)c2ccc3ncc(-c4cnn(C)c4)nc3c2)c1.Cl. The molecule has 0 amide bonds. The van der Waals surface area contributed by atoms with Crippen molar-refractivity contribution in [1.82, 2.24) is 25.1 Å². The van der Waals surface area contributed by atoms with Crippen LogP contribution in [-0.2, 0) is 7.05 Å². The van der Waals surface area contributed by atoms with E-state index in [4.69, 9.17) is 14.5 Å². The Kier molecular flexibility index (Phi) is 8.31. The number of aromatic nitrogens is 4. The van der Waals surface area contributed by atoms with E-state index in [0.717, 1.165) is 58.3 Å². The van der Waals surface area contributed by atoms with E-state index in [0.29, 0.717) is 6.04 Å².